The molecule has 116 valence electrons. The number of rotatable bonds is 6. The lowest BCUT2D eigenvalue weighted by atomic mass is 9.93. The van der Waals surface area contributed by atoms with Crippen molar-refractivity contribution < 1.29 is 17.9 Å². The van der Waals surface area contributed by atoms with Crippen LogP contribution in [0.3, 0.4) is 0 Å². The highest BCUT2D eigenvalue weighted by Gasteiger charge is 2.31. The second-order valence-electron chi connectivity index (χ2n) is 6.06. The number of benzene rings is 1. The van der Waals surface area contributed by atoms with E-state index in [-0.39, 0.29) is 0 Å². The maximum atomic E-state index is 12.3. The van der Waals surface area contributed by atoms with Crippen molar-refractivity contribution in [3.8, 4) is 5.75 Å². The standard InChI is InChI=1S/C16H20F3NO/c17-16(18,19)10-21-15-7-4-11(8-14(15)12-5-6-12)9-20-13-2-1-3-13/h4,7-8,12-13,20H,1-3,5-6,9-10H2. The zero-order valence-electron chi connectivity index (χ0n) is 11.9. The summed E-state index contributed by atoms with van der Waals surface area (Å²) in [7, 11) is 0. The fourth-order valence-corrected chi connectivity index (χ4v) is 2.59. The van der Waals surface area contributed by atoms with Gasteiger partial charge in [-0.15, -0.1) is 0 Å². The minimum Gasteiger partial charge on any atom is -0.484 e. The molecule has 21 heavy (non-hydrogen) atoms. The summed E-state index contributed by atoms with van der Waals surface area (Å²) in [5.41, 5.74) is 2.07. The number of hydrogen-bond acceptors (Lipinski definition) is 2. The first-order valence-electron chi connectivity index (χ1n) is 7.57. The van der Waals surface area contributed by atoms with Crippen LogP contribution in [0.25, 0.3) is 0 Å². The van der Waals surface area contributed by atoms with Crippen LogP contribution in [-0.2, 0) is 6.54 Å². The fourth-order valence-electron chi connectivity index (χ4n) is 2.59. The Kier molecular flexibility index (Phi) is 4.11. The summed E-state index contributed by atoms with van der Waals surface area (Å²) in [5, 5.41) is 3.48. The maximum Gasteiger partial charge on any atom is 0.422 e. The number of halogens is 3. The smallest absolute Gasteiger partial charge is 0.422 e. The average Bonchev–Trinajstić information content (AvgIpc) is 3.18. The number of nitrogens with one attached hydrogen (secondary N) is 1. The first-order chi connectivity index (χ1) is 10.0. The number of ether oxygens (including phenoxy) is 1. The van der Waals surface area contributed by atoms with Crippen LogP contribution in [0.15, 0.2) is 18.2 Å². The van der Waals surface area contributed by atoms with Gasteiger partial charge in [0, 0.05) is 12.6 Å². The van der Waals surface area contributed by atoms with Crippen molar-refractivity contribution >= 4 is 0 Å². The van der Waals surface area contributed by atoms with Gasteiger partial charge in [-0.3, -0.25) is 0 Å². The predicted octanol–water partition coefficient (Wildman–Crippen LogP) is 4.15. The van der Waals surface area contributed by atoms with E-state index in [1.54, 1.807) is 6.07 Å². The second-order valence-corrected chi connectivity index (χ2v) is 6.06. The highest BCUT2D eigenvalue weighted by Crippen LogP contribution is 2.45. The van der Waals surface area contributed by atoms with Gasteiger partial charge in [0.15, 0.2) is 6.61 Å². The highest BCUT2D eigenvalue weighted by molar-refractivity contribution is 5.42. The Balaban J connectivity index is 1.65. The average molecular weight is 299 g/mol. The van der Waals surface area contributed by atoms with Crippen molar-refractivity contribution in [2.24, 2.45) is 0 Å². The maximum absolute atomic E-state index is 12.3. The van der Waals surface area contributed by atoms with E-state index in [1.807, 2.05) is 12.1 Å². The zero-order chi connectivity index (χ0) is 14.9. The van der Waals surface area contributed by atoms with Crippen LogP contribution < -0.4 is 10.1 Å². The SMILES string of the molecule is FC(F)(F)COc1ccc(CNC2CCC2)cc1C1CC1. The molecule has 2 aliphatic rings. The van der Waals surface area contributed by atoms with E-state index in [0.29, 0.717) is 17.7 Å². The van der Waals surface area contributed by atoms with Gasteiger partial charge in [0.05, 0.1) is 0 Å². The minimum atomic E-state index is -4.29. The summed E-state index contributed by atoms with van der Waals surface area (Å²) in [4.78, 5) is 0. The first kappa shape index (κ1) is 14.7. The molecule has 0 bridgehead atoms. The summed E-state index contributed by atoms with van der Waals surface area (Å²) < 4.78 is 41.8. The van der Waals surface area contributed by atoms with Gasteiger partial charge in [-0.2, -0.15) is 13.2 Å². The molecule has 0 spiro atoms. The van der Waals surface area contributed by atoms with Gasteiger partial charge in [0.2, 0.25) is 0 Å². The molecule has 2 saturated carbocycles. The zero-order valence-corrected chi connectivity index (χ0v) is 11.9. The lowest BCUT2D eigenvalue weighted by Gasteiger charge is -2.26. The third kappa shape index (κ3) is 4.13. The van der Waals surface area contributed by atoms with E-state index < -0.39 is 12.8 Å². The van der Waals surface area contributed by atoms with Crippen molar-refractivity contribution in [2.75, 3.05) is 6.61 Å². The third-order valence-electron chi connectivity index (χ3n) is 4.18. The molecule has 2 fully saturated rings. The molecule has 1 aromatic rings. The van der Waals surface area contributed by atoms with Gasteiger partial charge >= 0.3 is 6.18 Å². The van der Waals surface area contributed by atoms with Crippen LogP contribution in [0.4, 0.5) is 13.2 Å². The summed E-state index contributed by atoms with van der Waals surface area (Å²) in [6, 6.07) is 6.17. The molecular weight excluding hydrogens is 279 g/mol. The van der Waals surface area contributed by atoms with Crippen LogP contribution in [-0.4, -0.2) is 18.8 Å². The van der Waals surface area contributed by atoms with Crippen LogP contribution in [0.2, 0.25) is 0 Å². The van der Waals surface area contributed by atoms with Gasteiger partial charge in [-0.25, -0.2) is 0 Å². The van der Waals surface area contributed by atoms with Gasteiger partial charge in [0.25, 0.3) is 0 Å². The minimum absolute atomic E-state index is 0.372. The van der Waals surface area contributed by atoms with E-state index in [9.17, 15) is 13.2 Å². The number of alkyl halides is 3. The largest absolute Gasteiger partial charge is 0.484 e. The molecule has 0 amide bonds. The molecule has 2 nitrogen and oxygen atoms in total. The molecule has 0 aliphatic heterocycles. The lowest BCUT2D eigenvalue weighted by Crippen LogP contribution is -2.34. The summed E-state index contributed by atoms with van der Waals surface area (Å²) in [5.74, 6) is 0.763. The molecule has 1 N–H and O–H groups in total. The van der Waals surface area contributed by atoms with Crippen molar-refractivity contribution in [1.82, 2.24) is 5.32 Å². The van der Waals surface area contributed by atoms with Crippen LogP contribution in [0.1, 0.15) is 49.1 Å². The van der Waals surface area contributed by atoms with Gasteiger partial charge in [-0.05, 0) is 48.8 Å². The Bertz CT molecular complexity index is 493. The quantitative estimate of drug-likeness (QED) is 0.852. The molecule has 0 unspecified atom stereocenters. The normalized spacial score (nSPS) is 19.4. The topological polar surface area (TPSA) is 21.3 Å². The van der Waals surface area contributed by atoms with Crippen LogP contribution in [0, 0.1) is 0 Å². The van der Waals surface area contributed by atoms with Gasteiger partial charge in [0.1, 0.15) is 5.75 Å². The van der Waals surface area contributed by atoms with E-state index in [1.165, 1.54) is 19.3 Å². The summed E-state index contributed by atoms with van der Waals surface area (Å²) in [6.45, 7) is -0.434. The van der Waals surface area contributed by atoms with Crippen LogP contribution in [0.5, 0.6) is 5.75 Å². The molecule has 0 heterocycles. The monoisotopic (exact) mass is 299 g/mol. The molecule has 2 aliphatic carbocycles. The van der Waals surface area contributed by atoms with Crippen molar-refractivity contribution in [2.45, 2.75) is 56.8 Å². The Morgan fingerprint density at radius 1 is 1.14 bits per heavy atom. The molecule has 5 heteroatoms. The van der Waals surface area contributed by atoms with E-state index >= 15 is 0 Å². The van der Waals surface area contributed by atoms with Gasteiger partial charge < -0.3 is 10.1 Å². The fraction of sp³-hybridized carbons (Fsp3) is 0.625. The van der Waals surface area contributed by atoms with Gasteiger partial charge in [-0.1, -0.05) is 18.6 Å². The Labute approximate surface area is 122 Å². The summed E-state index contributed by atoms with van der Waals surface area (Å²) >= 11 is 0. The highest BCUT2D eigenvalue weighted by atomic mass is 19.4. The molecule has 3 rings (SSSR count). The predicted molar refractivity (Wildman–Crippen MR) is 74.4 cm³/mol. The van der Waals surface area contributed by atoms with E-state index in [4.69, 9.17) is 4.74 Å². The number of hydrogen-bond donors (Lipinski definition) is 1. The molecular formula is C16H20F3NO. The first-order valence-corrected chi connectivity index (χ1v) is 7.57. The molecule has 0 saturated heterocycles. The Morgan fingerprint density at radius 3 is 2.48 bits per heavy atom. The lowest BCUT2D eigenvalue weighted by molar-refractivity contribution is -0.153. The Morgan fingerprint density at radius 2 is 1.90 bits per heavy atom. The molecule has 1 aromatic carbocycles. The van der Waals surface area contributed by atoms with E-state index in [2.05, 4.69) is 5.32 Å². The Hall–Kier alpha value is -1.23. The molecule has 0 aromatic heterocycles. The van der Waals surface area contributed by atoms with E-state index in [0.717, 1.165) is 30.5 Å². The van der Waals surface area contributed by atoms with Crippen molar-refractivity contribution in [3.05, 3.63) is 29.3 Å². The van der Waals surface area contributed by atoms with Crippen LogP contribution >= 0.6 is 0 Å². The molecule has 0 atom stereocenters. The van der Waals surface area contributed by atoms with Crippen molar-refractivity contribution in [1.29, 1.82) is 0 Å². The summed E-state index contributed by atoms with van der Waals surface area (Å²) in [6.07, 6.45) is 1.54. The second kappa shape index (κ2) is 5.87. The van der Waals surface area contributed by atoms with Crippen molar-refractivity contribution in [3.63, 3.8) is 0 Å². The molecule has 0 radical (unpaired) electrons. The third-order valence-corrected chi connectivity index (χ3v) is 4.18.